The molecule has 5 fully saturated rings. The first-order chi connectivity index (χ1) is 9.26. The molecule has 5 rings (SSSR count). The van der Waals surface area contributed by atoms with E-state index in [1.165, 1.54) is 32.4 Å². The molecule has 19 heavy (non-hydrogen) atoms. The van der Waals surface area contributed by atoms with Gasteiger partial charge in [0.05, 0.1) is 0 Å². The van der Waals surface area contributed by atoms with Gasteiger partial charge in [-0.05, 0) is 94.0 Å². The Bertz CT molecular complexity index is 303. The van der Waals surface area contributed by atoms with Crippen molar-refractivity contribution in [2.45, 2.75) is 63.8 Å². The van der Waals surface area contributed by atoms with Gasteiger partial charge in [-0.25, -0.2) is 0 Å². The largest absolute Gasteiger partial charge is 0.329 e. The third kappa shape index (κ3) is 2.25. The van der Waals surface area contributed by atoms with Gasteiger partial charge in [0.25, 0.3) is 0 Å². The monoisotopic (exact) mass is 262 g/mol. The van der Waals surface area contributed by atoms with Crippen LogP contribution < -0.4 is 5.73 Å². The van der Waals surface area contributed by atoms with Gasteiger partial charge in [0.1, 0.15) is 0 Å². The molecule has 0 radical (unpaired) electrons. The minimum atomic E-state index is 0.703. The molecule has 2 N–H and O–H groups in total. The van der Waals surface area contributed by atoms with E-state index >= 15 is 0 Å². The van der Waals surface area contributed by atoms with Gasteiger partial charge < -0.3 is 5.73 Å². The first-order valence-corrected chi connectivity index (χ1v) is 8.70. The topological polar surface area (TPSA) is 29.3 Å². The molecule has 0 spiro atoms. The van der Waals surface area contributed by atoms with Crippen molar-refractivity contribution in [2.75, 3.05) is 19.6 Å². The zero-order valence-corrected chi connectivity index (χ0v) is 12.3. The van der Waals surface area contributed by atoms with E-state index < -0.39 is 0 Å². The second-order valence-corrected chi connectivity index (χ2v) is 8.24. The van der Waals surface area contributed by atoms with Crippen molar-refractivity contribution in [1.82, 2.24) is 4.90 Å². The van der Waals surface area contributed by atoms with Crippen LogP contribution in [0.5, 0.6) is 0 Å². The van der Waals surface area contributed by atoms with Crippen LogP contribution in [-0.2, 0) is 0 Å². The highest BCUT2D eigenvalue weighted by Crippen LogP contribution is 2.61. The van der Waals surface area contributed by atoms with E-state index in [2.05, 4.69) is 4.90 Å². The fourth-order valence-corrected chi connectivity index (χ4v) is 6.43. The van der Waals surface area contributed by atoms with Crippen LogP contribution in [0.1, 0.15) is 57.8 Å². The first kappa shape index (κ1) is 12.6. The Morgan fingerprint density at radius 2 is 1.63 bits per heavy atom. The summed E-state index contributed by atoms with van der Waals surface area (Å²) in [5.74, 6) is 3.32. The highest BCUT2D eigenvalue weighted by Gasteiger charge is 2.50. The molecule has 1 saturated heterocycles. The van der Waals surface area contributed by atoms with E-state index in [1.807, 2.05) is 0 Å². The molecule has 0 aromatic rings. The van der Waals surface area contributed by atoms with Gasteiger partial charge in [-0.2, -0.15) is 0 Å². The molecular weight excluding hydrogens is 232 g/mol. The lowest BCUT2D eigenvalue weighted by Crippen LogP contribution is -2.48. The molecule has 1 heterocycles. The van der Waals surface area contributed by atoms with E-state index in [1.54, 1.807) is 38.5 Å². The van der Waals surface area contributed by atoms with Crippen molar-refractivity contribution in [2.24, 2.45) is 28.9 Å². The van der Waals surface area contributed by atoms with Crippen molar-refractivity contribution in [3.63, 3.8) is 0 Å². The molecule has 2 heteroatoms. The number of nitrogens with two attached hydrogens (primary N) is 1. The highest BCUT2D eigenvalue weighted by molar-refractivity contribution is 5.01. The van der Waals surface area contributed by atoms with E-state index in [4.69, 9.17) is 5.73 Å². The van der Waals surface area contributed by atoms with Gasteiger partial charge >= 0.3 is 0 Å². The lowest BCUT2D eigenvalue weighted by Gasteiger charge is -2.57. The van der Waals surface area contributed by atoms with Gasteiger partial charge in [0, 0.05) is 12.6 Å². The molecule has 1 atom stereocenters. The molecule has 0 amide bonds. The van der Waals surface area contributed by atoms with Gasteiger partial charge in [-0.15, -0.1) is 0 Å². The smallest absolute Gasteiger partial charge is 0.0218 e. The first-order valence-electron chi connectivity index (χ1n) is 8.70. The Morgan fingerprint density at radius 3 is 2.21 bits per heavy atom. The zero-order valence-electron chi connectivity index (χ0n) is 12.3. The number of rotatable bonds is 4. The number of hydrogen-bond acceptors (Lipinski definition) is 2. The summed E-state index contributed by atoms with van der Waals surface area (Å²) in [6, 6.07) is 0.703. The van der Waals surface area contributed by atoms with Crippen LogP contribution in [0.2, 0.25) is 0 Å². The second-order valence-electron chi connectivity index (χ2n) is 8.24. The van der Waals surface area contributed by atoms with Crippen LogP contribution in [0.3, 0.4) is 0 Å². The van der Waals surface area contributed by atoms with Crippen molar-refractivity contribution in [1.29, 1.82) is 0 Å². The summed E-state index contributed by atoms with van der Waals surface area (Å²) in [6.07, 6.45) is 13.6. The van der Waals surface area contributed by atoms with Crippen LogP contribution in [0.25, 0.3) is 0 Å². The number of hydrogen-bond donors (Lipinski definition) is 1. The second kappa shape index (κ2) is 4.73. The average molecular weight is 262 g/mol. The average Bonchev–Trinajstić information content (AvgIpc) is 2.82. The Kier molecular flexibility index (Phi) is 3.15. The van der Waals surface area contributed by atoms with E-state index in [0.717, 1.165) is 29.7 Å². The van der Waals surface area contributed by atoms with Crippen molar-refractivity contribution < 1.29 is 0 Å². The third-order valence-electron chi connectivity index (χ3n) is 6.87. The molecule has 5 aliphatic rings. The van der Waals surface area contributed by atoms with Gasteiger partial charge in [-0.1, -0.05) is 0 Å². The predicted molar refractivity (Wildman–Crippen MR) is 78.9 cm³/mol. The summed E-state index contributed by atoms with van der Waals surface area (Å²) in [4.78, 5) is 2.71. The SMILES string of the molecule is NCC1CCCN1CCC12CC3CC(CC(C3)C1)C2. The van der Waals surface area contributed by atoms with Crippen LogP contribution in [0.15, 0.2) is 0 Å². The van der Waals surface area contributed by atoms with Crippen molar-refractivity contribution >= 4 is 0 Å². The highest BCUT2D eigenvalue weighted by atomic mass is 15.2. The summed E-state index contributed by atoms with van der Waals surface area (Å²) in [7, 11) is 0. The van der Waals surface area contributed by atoms with Crippen LogP contribution in [0, 0.1) is 23.2 Å². The molecule has 1 unspecified atom stereocenters. The maximum absolute atomic E-state index is 5.92. The van der Waals surface area contributed by atoms with Gasteiger partial charge in [-0.3, -0.25) is 4.90 Å². The summed E-state index contributed by atoms with van der Waals surface area (Å²) < 4.78 is 0. The van der Waals surface area contributed by atoms with E-state index in [-0.39, 0.29) is 0 Å². The quantitative estimate of drug-likeness (QED) is 0.844. The Balaban J connectivity index is 1.40. The van der Waals surface area contributed by atoms with Gasteiger partial charge in [0.15, 0.2) is 0 Å². The summed E-state index contributed by atoms with van der Waals surface area (Å²) >= 11 is 0. The van der Waals surface area contributed by atoms with Gasteiger partial charge in [0.2, 0.25) is 0 Å². The Labute approximate surface area is 118 Å². The standard InChI is InChI=1S/C17H30N2/c18-12-16-2-1-4-19(16)5-3-17-9-13-6-14(10-17)8-15(7-13)11-17/h13-16H,1-12,18H2. The Morgan fingerprint density at radius 1 is 1.00 bits per heavy atom. The maximum Gasteiger partial charge on any atom is 0.0218 e. The molecule has 4 saturated carbocycles. The normalized spacial score (nSPS) is 49.1. The molecule has 0 aromatic carbocycles. The molecule has 4 bridgehead atoms. The minimum absolute atomic E-state index is 0.703. The Hall–Kier alpha value is -0.0800. The number of nitrogens with zero attached hydrogens (tertiary/aromatic N) is 1. The van der Waals surface area contributed by atoms with Crippen LogP contribution >= 0.6 is 0 Å². The fourth-order valence-electron chi connectivity index (χ4n) is 6.43. The third-order valence-corrected chi connectivity index (χ3v) is 6.87. The van der Waals surface area contributed by atoms with E-state index in [9.17, 15) is 0 Å². The zero-order chi connectivity index (χ0) is 12.9. The van der Waals surface area contributed by atoms with Crippen LogP contribution in [-0.4, -0.2) is 30.6 Å². The molecule has 2 nitrogen and oxygen atoms in total. The molecular formula is C17H30N2. The van der Waals surface area contributed by atoms with Crippen molar-refractivity contribution in [3.8, 4) is 0 Å². The van der Waals surface area contributed by atoms with Crippen LogP contribution in [0.4, 0.5) is 0 Å². The summed E-state index contributed by atoms with van der Waals surface area (Å²) in [5, 5.41) is 0. The lowest BCUT2D eigenvalue weighted by atomic mass is 9.49. The lowest BCUT2D eigenvalue weighted by molar-refractivity contribution is -0.0612. The summed E-state index contributed by atoms with van der Waals surface area (Å²) in [5.41, 5.74) is 6.68. The molecule has 108 valence electrons. The van der Waals surface area contributed by atoms with E-state index in [0.29, 0.717) is 6.04 Å². The maximum atomic E-state index is 5.92. The molecule has 4 aliphatic carbocycles. The molecule has 1 aliphatic heterocycles. The summed E-state index contributed by atoms with van der Waals surface area (Å²) in [6.45, 7) is 3.53. The fraction of sp³-hybridized carbons (Fsp3) is 1.00. The molecule has 0 aromatic heterocycles. The van der Waals surface area contributed by atoms with Crippen molar-refractivity contribution in [3.05, 3.63) is 0 Å². The minimum Gasteiger partial charge on any atom is -0.329 e. The predicted octanol–water partition coefficient (Wildman–Crippen LogP) is 3.02. The number of likely N-dealkylation sites (tertiary alicyclic amines) is 1.